The number of hydrogen-bond acceptors (Lipinski definition) is 6. The third-order valence-electron chi connectivity index (χ3n) is 12.2. The molecule has 274 valence electrons. The zero-order valence-electron chi connectivity index (χ0n) is 30.3. The normalized spacial score (nSPS) is 25.7. The molecule has 2 aliphatic heterocycles. The molecule has 2 aliphatic carbocycles. The predicted molar refractivity (Wildman–Crippen MR) is 212 cm³/mol. The summed E-state index contributed by atoms with van der Waals surface area (Å²) < 4.78 is 0. The van der Waals surface area contributed by atoms with Crippen molar-refractivity contribution in [3.05, 3.63) is 160 Å². The first-order chi connectivity index (χ1) is 26.6. The van der Waals surface area contributed by atoms with Gasteiger partial charge in [0.25, 0.3) is 0 Å². The number of rotatable bonds is 6. The average Bonchev–Trinajstić information content (AvgIpc) is 3.58. The molecule has 55 heavy (non-hydrogen) atoms. The maximum Gasteiger partial charge on any atom is 0.246 e. The minimum atomic E-state index is -1.39. The first-order valence-corrected chi connectivity index (χ1v) is 19.0. The quantitative estimate of drug-likeness (QED) is 0.133. The number of allylic oxidation sites excluding steroid dienone is 2. The second-order valence-corrected chi connectivity index (χ2v) is 15.6. The third-order valence-corrected chi connectivity index (χ3v) is 12.4. The summed E-state index contributed by atoms with van der Waals surface area (Å²) in [6, 6.07) is 37.0. The van der Waals surface area contributed by atoms with Crippen molar-refractivity contribution in [3.8, 4) is 5.75 Å². The van der Waals surface area contributed by atoms with E-state index in [-0.39, 0.29) is 35.8 Å². The third kappa shape index (κ3) is 5.26. The van der Waals surface area contributed by atoms with Crippen molar-refractivity contribution in [1.29, 1.82) is 0 Å². The van der Waals surface area contributed by atoms with Gasteiger partial charge >= 0.3 is 0 Å². The summed E-state index contributed by atoms with van der Waals surface area (Å²) in [4.78, 5) is 62.0. The number of nitrogens with zero attached hydrogens (tertiary/aromatic N) is 2. The highest BCUT2D eigenvalue weighted by Crippen LogP contribution is 2.64. The van der Waals surface area contributed by atoms with Crippen molar-refractivity contribution in [2.75, 3.05) is 15.1 Å². The predicted octanol–water partition coefficient (Wildman–Crippen LogP) is 8.77. The van der Waals surface area contributed by atoms with Crippen LogP contribution in [0.4, 0.5) is 22.7 Å². The van der Waals surface area contributed by atoms with Crippen molar-refractivity contribution in [2.45, 2.75) is 38.0 Å². The van der Waals surface area contributed by atoms with Crippen LogP contribution in [0, 0.1) is 37.5 Å². The Bertz CT molecular complexity index is 2410. The highest BCUT2D eigenvalue weighted by atomic mass is 35.5. The van der Waals surface area contributed by atoms with Crippen LogP contribution in [-0.4, -0.2) is 28.7 Å². The van der Waals surface area contributed by atoms with E-state index in [0.717, 1.165) is 22.5 Å². The lowest BCUT2D eigenvalue weighted by atomic mass is 9.49. The molecule has 0 bridgehead atoms. The molecule has 0 spiro atoms. The zero-order chi connectivity index (χ0) is 38.2. The van der Waals surface area contributed by atoms with E-state index in [2.05, 4.69) is 11.4 Å². The lowest BCUT2D eigenvalue weighted by Crippen LogP contribution is -2.53. The molecule has 8 nitrogen and oxygen atoms in total. The molecule has 3 fully saturated rings. The van der Waals surface area contributed by atoms with Crippen LogP contribution >= 0.6 is 11.6 Å². The van der Waals surface area contributed by atoms with Gasteiger partial charge in [0.1, 0.15) is 5.75 Å². The maximum atomic E-state index is 15.5. The number of halogens is 1. The van der Waals surface area contributed by atoms with Crippen LogP contribution in [0.15, 0.2) is 133 Å². The van der Waals surface area contributed by atoms with Gasteiger partial charge in [-0.05, 0) is 109 Å². The van der Waals surface area contributed by atoms with E-state index < -0.39 is 35.0 Å². The molecule has 9 heteroatoms. The minimum Gasteiger partial charge on any atom is -0.507 e. The Morgan fingerprint density at radius 3 is 2.02 bits per heavy atom. The van der Waals surface area contributed by atoms with Crippen LogP contribution in [-0.2, 0) is 24.6 Å². The Labute approximate surface area is 324 Å². The lowest BCUT2D eigenvalue weighted by molar-refractivity contribution is -0.127. The van der Waals surface area contributed by atoms with Gasteiger partial charge in [-0.2, -0.15) is 0 Å². The molecular formula is C46H38ClN3O5. The fourth-order valence-corrected chi connectivity index (χ4v) is 10.1. The fraction of sp³-hybridized carbons (Fsp3) is 0.217. The molecule has 6 atom stereocenters. The van der Waals surface area contributed by atoms with Crippen molar-refractivity contribution < 1.29 is 24.3 Å². The van der Waals surface area contributed by atoms with Gasteiger partial charge < -0.3 is 10.4 Å². The number of nitrogens with one attached hydrogen (secondary N) is 1. The van der Waals surface area contributed by atoms with Crippen LogP contribution < -0.4 is 15.1 Å². The highest BCUT2D eigenvalue weighted by Gasteiger charge is 2.70. The zero-order valence-corrected chi connectivity index (χ0v) is 31.0. The number of para-hydroxylation sites is 1. The van der Waals surface area contributed by atoms with Gasteiger partial charge in [0.05, 0.1) is 34.5 Å². The molecule has 5 aromatic carbocycles. The van der Waals surface area contributed by atoms with Gasteiger partial charge in [-0.3, -0.25) is 24.1 Å². The van der Waals surface area contributed by atoms with Crippen molar-refractivity contribution in [3.63, 3.8) is 0 Å². The summed E-state index contributed by atoms with van der Waals surface area (Å²) in [5.74, 6) is -4.56. The molecule has 4 aliphatic rings. The largest absolute Gasteiger partial charge is 0.507 e. The van der Waals surface area contributed by atoms with Crippen molar-refractivity contribution in [2.24, 2.45) is 23.7 Å². The van der Waals surface area contributed by atoms with E-state index in [1.807, 2.05) is 98.8 Å². The minimum absolute atomic E-state index is 0.158. The standard InChI is InChI=1S/C46H38ClN3O5/c1-26-22-28(23-27(2)41(26)51)40-35-20-21-36-39(44(54)49(42(36)52)33-18-16-32(17-19-33)48-31-13-7-4-8-14-31)37(35)25-38-43(53)50(34-15-9-12-30(47)24-34)45(55)46(38,40)29-10-5-3-6-11-29/h3-20,22-24,36-40,48,51H,21,25H2,1-2H3/t36-,37+,38-,39-,40-,46+/m0/s1. The number of imide groups is 2. The molecule has 9 rings (SSSR count). The number of phenolic OH excluding ortho intramolecular Hbond substituents is 1. The summed E-state index contributed by atoms with van der Waals surface area (Å²) in [6.07, 6.45) is 2.56. The Morgan fingerprint density at radius 1 is 0.691 bits per heavy atom. The number of anilines is 4. The lowest BCUT2D eigenvalue weighted by Gasteiger charge is -2.51. The Hall–Kier alpha value is -5.99. The molecule has 2 N–H and O–H groups in total. The van der Waals surface area contributed by atoms with E-state index >= 15 is 9.59 Å². The van der Waals surface area contributed by atoms with Crippen molar-refractivity contribution in [1.82, 2.24) is 0 Å². The molecule has 2 heterocycles. The topological polar surface area (TPSA) is 107 Å². The molecule has 0 aromatic heterocycles. The fourth-order valence-electron chi connectivity index (χ4n) is 9.91. The monoisotopic (exact) mass is 747 g/mol. The van der Waals surface area contributed by atoms with Gasteiger partial charge in [-0.1, -0.05) is 90.0 Å². The van der Waals surface area contributed by atoms with E-state index in [1.54, 1.807) is 36.4 Å². The van der Waals surface area contributed by atoms with Crippen LogP contribution in [0.3, 0.4) is 0 Å². The van der Waals surface area contributed by atoms with Gasteiger partial charge in [0.15, 0.2) is 0 Å². The summed E-state index contributed by atoms with van der Waals surface area (Å²) >= 11 is 6.44. The van der Waals surface area contributed by atoms with E-state index in [4.69, 9.17) is 11.6 Å². The smallest absolute Gasteiger partial charge is 0.246 e. The second kappa shape index (κ2) is 13.1. The first-order valence-electron chi connectivity index (χ1n) is 18.6. The summed E-state index contributed by atoms with van der Waals surface area (Å²) in [6.45, 7) is 3.64. The highest BCUT2D eigenvalue weighted by molar-refractivity contribution is 6.32. The molecular weight excluding hydrogens is 710 g/mol. The average molecular weight is 748 g/mol. The van der Waals surface area contributed by atoms with Gasteiger partial charge in [-0.25, -0.2) is 4.90 Å². The molecule has 0 radical (unpaired) electrons. The Kier molecular flexibility index (Phi) is 8.28. The maximum absolute atomic E-state index is 15.5. The SMILES string of the molecule is Cc1cc([C@H]2C3=CC[C@@H]4C(=O)N(c5ccc(Nc6ccccc6)cc5)C(=O)[C@@H]4[C@@H]3C[C@H]3C(=O)N(c4cccc(Cl)c4)C(=O)[C@@]23c2ccccc2)cc(C)c1O. The van der Waals surface area contributed by atoms with Gasteiger partial charge in [0.2, 0.25) is 23.6 Å². The molecule has 0 unspecified atom stereocenters. The Balaban J connectivity index is 1.18. The first kappa shape index (κ1) is 34.8. The summed E-state index contributed by atoms with van der Waals surface area (Å²) in [7, 11) is 0. The van der Waals surface area contributed by atoms with Gasteiger partial charge in [0, 0.05) is 22.3 Å². The second-order valence-electron chi connectivity index (χ2n) is 15.1. The van der Waals surface area contributed by atoms with E-state index in [1.165, 1.54) is 9.80 Å². The number of carbonyl (C=O) groups excluding carboxylic acids is 4. The molecule has 2 saturated heterocycles. The van der Waals surface area contributed by atoms with Crippen molar-refractivity contribution >= 4 is 58.0 Å². The number of hydrogen-bond donors (Lipinski definition) is 2. The number of benzene rings is 5. The Morgan fingerprint density at radius 2 is 1.35 bits per heavy atom. The molecule has 5 aromatic rings. The number of fused-ring (bicyclic) bond motifs is 4. The summed E-state index contributed by atoms with van der Waals surface area (Å²) in [5.41, 5.74) is 4.80. The number of aromatic hydroxyl groups is 1. The number of carbonyl (C=O) groups is 4. The molecule has 1 saturated carbocycles. The van der Waals surface area contributed by atoms with Crippen LogP contribution in [0.25, 0.3) is 0 Å². The van der Waals surface area contributed by atoms with Gasteiger partial charge in [-0.15, -0.1) is 0 Å². The van der Waals surface area contributed by atoms with Crippen LogP contribution in [0.5, 0.6) is 5.75 Å². The molecule has 4 amide bonds. The van der Waals surface area contributed by atoms with Crippen LogP contribution in [0.1, 0.15) is 41.0 Å². The number of phenols is 1. The summed E-state index contributed by atoms with van der Waals surface area (Å²) in [5, 5.41) is 14.6. The number of aryl methyl sites for hydroxylation is 2. The van der Waals surface area contributed by atoms with E-state index in [0.29, 0.717) is 39.5 Å². The van der Waals surface area contributed by atoms with Crippen LogP contribution in [0.2, 0.25) is 5.02 Å². The number of amides is 4. The van der Waals surface area contributed by atoms with E-state index in [9.17, 15) is 14.7 Å².